The number of hydrogen-bond acceptors (Lipinski definition) is 3. The Morgan fingerprint density at radius 1 is 1.47 bits per heavy atom. The Balaban J connectivity index is 2.40. The Hall–Kier alpha value is -1.46. The van der Waals surface area contributed by atoms with Crippen molar-refractivity contribution in [3.8, 4) is 0 Å². The van der Waals surface area contributed by atoms with Crippen LogP contribution in [0.15, 0.2) is 4.99 Å². The van der Waals surface area contributed by atoms with Gasteiger partial charge in [0.2, 0.25) is 0 Å². The maximum absolute atomic E-state index is 11.8. The zero-order chi connectivity index (χ0) is 13.1. The van der Waals surface area contributed by atoms with E-state index in [0.29, 0.717) is 25.6 Å². The lowest BCUT2D eigenvalue weighted by atomic mass is 10.1. The van der Waals surface area contributed by atoms with Gasteiger partial charge in [-0.15, -0.1) is 0 Å². The van der Waals surface area contributed by atoms with E-state index in [1.165, 1.54) is 0 Å². The fourth-order valence-electron chi connectivity index (χ4n) is 1.71. The van der Waals surface area contributed by atoms with Gasteiger partial charge in [0.15, 0.2) is 5.96 Å². The summed E-state index contributed by atoms with van der Waals surface area (Å²) in [4.78, 5) is 17.4. The maximum Gasteiger partial charge on any atom is 0.410 e. The van der Waals surface area contributed by atoms with E-state index in [1.54, 1.807) is 4.90 Å². The van der Waals surface area contributed by atoms with Crippen LogP contribution in [0.5, 0.6) is 0 Å². The second-order valence-corrected chi connectivity index (χ2v) is 5.35. The number of carbonyl (C=O) groups is 1. The van der Waals surface area contributed by atoms with E-state index in [-0.39, 0.29) is 12.1 Å². The third-order valence-corrected chi connectivity index (χ3v) is 2.47. The predicted molar refractivity (Wildman–Crippen MR) is 66.6 cm³/mol. The fraction of sp³-hybridized carbons (Fsp3) is 0.818. The number of guanidine groups is 1. The van der Waals surface area contributed by atoms with Gasteiger partial charge >= 0.3 is 6.09 Å². The molecule has 0 bridgehead atoms. The van der Waals surface area contributed by atoms with Gasteiger partial charge in [-0.2, -0.15) is 0 Å². The van der Waals surface area contributed by atoms with Crippen LogP contribution >= 0.6 is 0 Å². The molecular weight excluding hydrogens is 220 g/mol. The molecule has 1 aliphatic rings. The van der Waals surface area contributed by atoms with Crippen molar-refractivity contribution in [2.24, 2.45) is 22.4 Å². The maximum atomic E-state index is 11.8. The van der Waals surface area contributed by atoms with Gasteiger partial charge in [0.05, 0.1) is 0 Å². The van der Waals surface area contributed by atoms with Crippen LogP contribution in [-0.4, -0.2) is 42.2 Å². The van der Waals surface area contributed by atoms with E-state index in [0.717, 1.165) is 6.42 Å². The number of nitrogens with two attached hydrogens (primary N) is 2. The van der Waals surface area contributed by atoms with E-state index in [4.69, 9.17) is 16.2 Å². The van der Waals surface area contributed by atoms with Crippen molar-refractivity contribution >= 4 is 12.1 Å². The van der Waals surface area contributed by atoms with Gasteiger partial charge in [-0.1, -0.05) is 0 Å². The molecule has 1 rings (SSSR count). The molecule has 0 aromatic rings. The Morgan fingerprint density at radius 2 is 2.12 bits per heavy atom. The molecule has 6 nitrogen and oxygen atoms in total. The molecule has 1 heterocycles. The molecule has 0 radical (unpaired) electrons. The largest absolute Gasteiger partial charge is 0.444 e. The molecule has 0 saturated carbocycles. The first-order chi connectivity index (χ1) is 7.78. The van der Waals surface area contributed by atoms with Crippen LogP contribution in [0.2, 0.25) is 0 Å². The SMILES string of the molecule is CC(C)(C)OC(=O)N1CCC(CN=C(N)N)C1. The van der Waals surface area contributed by atoms with Gasteiger partial charge in [-0.05, 0) is 33.1 Å². The second kappa shape index (κ2) is 5.25. The molecule has 1 atom stereocenters. The minimum Gasteiger partial charge on any atom is -0.444 e. The summed E-state index contributed by atoms with van der Waals surface area (Å²) in [5.74, 6) is 0.422. The Labute approximate surface area is 102 Å². The van der Waals surface area contributed by atoms with Crippen LogP contribution < -0.4 is 11.5 Å². The Bertz CT molecular complexity index is 305. The third kappa shape index (κ3) is 4.93. The van der Waals surface area contributed by atoms with Crippen molar-refractivity contribution in [3.63, 3.8) is 0 Å². The van der Waals surface area contributed by atoms with Gasteiger partial charge in [-0.3, -0.25) is 4.99 Å². The highest BCUT2D eigenvalue weighted by atomic mass is 16.6. The minimum absolute atomic E-state index is 0.0979. The molecule has 1 saturated heterocycles. The number of nitrogens with zero attached hydrogens (tertiary/aromatic N) is 2. The van der Waals surface area contributed by atoms with Crippen LogP contribution in [0.3, 0.4) is 0 Å². The molecule has 1 fully saturated rings. The number of hydrogen-bond donors (Lipinski definition) is 2. The first-order valence-electron chi connectivity index (χ1n) is 5.81. The number of ether oxygens (including phenoxy) is 1. The first kappa shape index (κ1) is 13.6. The number of amides is 1. The number of rotatable bonds is 2. The summed E-state index contributed by atoms with van der Waals surface area (Å²) in [5, 5.41) is 0. The van der Waals surface area contributed by atoms with Crippen molar-refractivity contribution in [1.29, 1.82) is 0 Å². The molecular formula is C11H22N4O2. The van der Waals surface area contributed by atoms with Crippen molar-refractivity contribution in [2.75, 3.05) is 19.6 Å². The first-order valence-corrected chi connectivity index (χ1v) is 5.81. The van der Waals surface area contributed by atoms with E-state index >= 15 is 0 Å². The minimum atomic E-state index is -0.449. The molecule has 6 heteroatoms. The van der Waals surface area contributed by atoms with Crippen molar-refractivity contribution in [3.05, 3.63) is 0 Å². The molecule has 98 valence electrons. The summed E-state index contributed by atoms with van der Waals surface area (Å²) in [7, 11) is 0. The van der Waals surface area contributed by atoms with Crippen LogP contribution in [0, 0.1) is 5.92 Å². The predicted octanol–water partition coefficient (Wildman–Crippen LogP) is 0.517. The Morgan fingerprint density at radius 3 is 2.65 bits per heavy atom. The number of carbonyl (C=O) groups excluding carboxylic acids is 1. The molecule has 1 unspecified atom stereocenters. The molecule has 0 spiro atoms. The lowest BCUT2D eigenvalue weighted by molar-refractivity contribution is 0.0289. The quantitative estimate of drug-likeness (QED) is 0.545. The smallest absolute Gasteiger partial charge is 0.410 e. The molecule has 0 aliphatic carbocycles. The van der Waals surface area contributed by atoms with Crippen molar-refractivity contribution < 1.29 is 9.53 Å². The van der Waals surface area contributed by atoms with E-state index in [1.807, 2.05) is 20.8 Å². The van der Waals surface area contributed by atoms with Crippen LogP contribution in [0.1, 0.15) is 27.2 Å². The average Bonchev–Trinajstić information content (AvgIpc) is 2.60. The standard InChI is InChI=1S/C11H22N4O2/c1-11(2,3)17-10(16)15-5-4-8(7-15)6-14-9(12)13/h8H,4-7H2,1-3H3,(H4,12,13,14). The fourth-order valence-corrected chi connectivity index (χ4v) is 1.71. The summed E-state index contributed by atoms with van der Waals surface area (Å²) in [6.07, 6.45) is 0.653. The highest BCUT2D eigenvalue weighted by Crippen LogP contribution is 2.19. The van der Waals surface area contributed by atoms with Crippen molar-refractivity contribution in [2.45, 2.75) is 32.8 Å². The number of likely N-dealkylation sites (tertiary alicyclic amines) is 1. The monoisotopic (exact) mass is 242 g/mol. The van der Waals surface area contributed by atoms with Gasteiger partial charge < -0.3 is 21.1 Å². The molecule has 0 aromatic carbocycles. The van der Waals surface area contributed by atoms with E-state index in [2.05, 4.69) is 4.99 Å². The van der Waals surface area contributed by atoms with Gasteiger partial charge in [-0.25, -0.2) is 4.79 Å². The lowest BCUT2D eigenvalue weighted by Crippen LogP contribution is -2.35. The topological polar surface area (TPSA) is 93.9 Å². The lowest BCUT2D eigenvalue weighted by Gasteiger charge is -2.24. The average molecular weight is 242 g/mol. The second-order valence-electron chi connectivity index (χ2n) is 5.35. The molecule has 0 aromatic heterocycles. The Kier molecular flexibility index (Phi) is 4.20. The summed E-state index contributed by atoms with van der Waals surface area (Å²) in [6, 6.07) is 0. The summed E-state index contributed by atoms with van der Waals surface area (Å²) in [5.41, 5.74) is 10.1. The molecule has 1 amide bonds. The van der Waals surface area contributed by atoms with E-state index < -0.39 is 5.60 Å². The molecule has 4 N–H and O–H groups in total. The highest BCUT2D eigenvalue weighted by Gasteiger charge is 2.29. The van der Waals surface area contributed by atoms with Crippen LogP contribution in [0.25, 0.3) is 0 Å². The third-order valence-electron chi connectivity index (χ3n) is 2.47. The van der Waals surface area contributed by atoms with Crippen LogP contribution in [0.4, 0.5) is 4.79 Å². The zero-order valence-electron chi connectivity index (χ0n) is 10.8. The van der Waals surface area contributed by atoms with E-state index in [9.17, 15) is 4.79 Å². The normalized spacial score (nSPS) is 20.2. The van der Waals surface area contributed by atoms with Gasteiger partial charge in [0, 0.05) is 19.6 Å². The molecule has 17 heavy (non-hydrogen) atoms. The van der Waals surface area contributed by atoms with Crippen molar-refractivity contribution in [1.82, 2.24) is 4.90 Å². The zero-order valence-corrected chi connectivity index (χ0v) is 10.8. The van der Waals surface area contributed by atoms with Gasteiger partial charge in [0.25, 0.3) is 0 Å². The highest BCUT2D eigenvalue weighted by molar-refractivity contribution is 5.75. The summed E-state index contributed by atoms with van der Waals surface area (Å²) >= 11 is 0. The van der Waals surface area contributed by atoms with Gasteiger partial charge in [0.1, 0.15) is 5.60 Å². The summed E-state index contributed by atoms with van der Waals surface area (Å²) < 4.78 is 5.30. The summed E-state index contributed by atoms with van der Waals surface area (Å²) in [6.45, 7) is 7.51. The molecule has 1 aliphatic heterocycles. The van der Waals surface area contributed by atoms with Crippen LogP contribution in [-0.2, 0) is 4.74 Å². The number of aliphatic imine (C=N–C) groups is 1.